The van der Waals surface area contributed by atoms with Gasteiger partial charge in [0, 0.05) is 15.5 Å². The second-order valence-corrected chi connectivity index (χ2v) is 5.46. The predicted molar refractivity (Wildman–Crippen MR) is 85.5 cm³/mol. The maximum absolute atomic E-state index is 12.1. The Morgan fingerprint density at radius 3 is 2.70 bits per heavy atom. The molecule has 2 heterocycles. The zero-order valence-corrected chi connectivity index (χ0v) is 12.5. The molecule has 0 saturated carbocycles. The lowest BCUT2D eigenvalue weighted by Gasteiger charge is -2.02. The van der Waals surface area contributed by atoms with Gasteiger partial charge in [-0.3, -0.25) is 9.89 Å². The highest BCUT2D eigenvalue weighted by molar-refractivity contribution is 14.1. The molecule has 3 rings (SSSR count). The van der Waals surface area contributed by atoms with E-state index in [1.807, 2.05) is 42.6 Å². The summed E-state index contributed by atoms with van der Waals surface area (Å²) in [5, 5.41) is 9.68. The average Bonchev–Trinajstić information content (AvgIpc) is 3.11. The molecule has 0 radical (unpaired) electrons. The van der Waals surface area contributed by atoms with Gasteiger partial charge >= 0.3 is 0 Å². The summed E-state index contributed by atoms with van der Waals surface area (Å²) in [4.78, 5) is 15.1. The molecule has 3 N–H and O–H groups in total. The molecule has 0 aliphatic heterocycles. The number of hydrogen-bond donors (Lipinski definition) is 3. The number of hydrogen-bond acceptors (Lipinski definition) is 2. The van der Waals surface area contributed by atoms with Crippen molar-refractivity contribution in [1.29, 1.82) is 0 Å². The Balaban J connectivity index is 1.76. The third-order valence-corrected chi connectivity index (χ3v) is 3.52. The Morgan fingerprint density at radius 1 is 1.20 bits per heavy atom. The molecule has 2 aromatic heterocycles. The molecule has 0 fully saturated rings. The minimum absolute atomic E-state index is 0.212. The van der Waals surface area contributed by atoms with Gasteiger partial charge in [0.25, 0.3) is 5.91 Å². The largest absolute Gasteiger partial charge is 0.360 e. The molecule has 20 heavy (non-hydrogen) atoms. The summed E-state index contributed by atoms with van der Waals surface area (Å²) in [6.45, 7) is 0. The van der Waals surface area contributed by atoms with Gasteiger partial charge in [-0.2, -0.15) is 5.10 Å². The highest BCUT2D eigenvalue weighted by atomic mass is 127. The van der Waals surface area contributed by atoms with Crippen LogP contribution in [0.5, 0.6) is 0 Å². The third-order valence-electron chi connectivity index (χ3n) is 2.80. The number of aromatic amines is 2. The summed E-state index contributed by atoms with van der Waals surface area (Å²) in [5.41, 5.74) is 2.76. The summed E-state index contributed by atoms with van der Waals surface area (Å²) in [6.07, 6.45) is 1.81. The lowest BCUT2D eigenvalue weighted by Crippen LogP contribution is -2.12. The summed E-state index contributed by atoms with van der Waals surface area (Å²) in [6, 6.07) is 13.1. The predicted octanol–water partition coefficient (Wildman–Crippen LogP) is 3.26. The Bertz CT molecular complexity index is 716. The number of halogens is 1. The van der Waals surface area contributed by atoms with Crippen molar-refractivity contribution in [3.63, 3.8) is 0 Å². The number of carbonyl (C=O) groups excluding carboxylic acids is 1. The molecular formula is C14H11IN4O. The van der Waals surface area contributed by atoms with Gasteiger partial charge in [0.15, 0.2) is 0 Å². The van der Waals surface area contributed by atoms with E-state index >= 15 is 0 Å². The number of anilines is 1. The van der Waals surface area contributed by atoms with Gasteiger partial charge in [-0.25, -0.2) is 0 Å². The number of aromatic nitrogens is 3. The normalized spacial score (nSPS) is 10.4. The molecule has 0 spiro atoms. The summed E-state index contributed by atoms with van der Waals surface area (Å²) in [5.74, 6) is -0.212. The van der Waals surface area contributed by atoms with Gasteiger partial charge in [0.1, 0.15) is 11.4 Å². The molecule has 0 bridgehead atoms. The molecule has 0 atom stereocenters. The first-order valence-electron chi connectivity index (χ1n) is 5.98. The van der Waals surface area contributed by atoms with Crippen molar-refractivity contribution < 1.29 is 4.79 Å². The molecule has 1 aromatic carbocycles. The molecule has 0 saturated heterocycles. The Hall–Kier alpha value is -2.09. The first kappa shape index (κ1) is 12.9. The molecule has 0 unspecified atom stereocenters. The van der Waals surface area contributed by atoms with Crippen LogP contribution in [0.4, 0.5) is 5.69 Å². The van der Waals surface area contributed by atoms with Gasteiger partial charge in [0.2, 0.25) is 0 Å². The summed E-state index contributed by atoms with van der Waals surface area (Å²) < 4.78 is 1.12. The van der Waals surface area contributed by atoms with E-state index in [9.17, 15) is 4.79 Å². The highest BCUT2D eigenvalue weighted by Crippen LogP contribution is 2.16. The van der Waals surface area contributed by atoms with E-state index in [0.29, 0.717) is 11.4 Å². The average molecular weight is 378 g/mol. The molecule has 3 aromatic rings. The van der Waals surface area contributed by atoms with Gasteiger partial charge in [0.05, 0.1) is 5.69 Å². The summed E-state index contributed by atoms with van der Waals surface area (Å²) in [7, 11) is 0. The second kappa shape index (κ2) is 5.49. The van der Waals surface area contributed by atoms with Gasteiger partial charge in [-0.1, -0.05) is 0 Å². The van der Waals surface area contributed by atoms with Crippen molar-refractivity contribution in [3.05, 3.63) is 57.9 Å². The van der Waals surface area contributed by atoms with Crippen LogP contribution in [0.15, 0.2) is 48.7 Å². The highest BCUT2D eigenvalue weighted by Gasteiger charge is 2.11. The van der Waals surface area contributed by atoms with Crippen molar-refractivity contribution in [1.82, 2.24) is 15.2 Å². The maximum Gasteiger partial charge on any atom is 0.273 e. The number of amides is 1. The van der Waals surface area contributed by atoms with Gasteiger partial charge in [-0.05, 0) is 65.1 Å². The van der Waals surface area contributed by atoms with Crippen LogP contribution in [0.3, 0.4) is 0 Å². The van der Waals surface area contributed by atoms with E-state index in [0.717, 1.165) is 15.0 Å². The van der Waals surface area contributed by atoms with Crippen molar-refractivity contribution in [2.75, 3.05) is 5.32 Å². The first-order valence-corrected chi connectivity index (χ1v) is 7.06. The van der Waals surface area contributed by atoms with Gasteiger partial charge in [-0.15, -0.1) is 0 Å². The molecule has 1 amide bonds. The smallest absolute Gasteiger partial charge is 0.273 e. The monoisotopic (exact) mass is 378 g/mol. The molecule has 0 aliphatic rings. The maximum atomic E-state index is 12.1. The van der Waals surface area contributed by atoms with Gasteiger partial charge < -0.3 is 10.3 Å². The van der Waals surface area contributed by atoms with Crippen LogP contribution in [0, 0.1) is 3.57 Å². The minimum atomic E-state index is -0.212. The topological polar surface area (TPSA) is 73.6 Å². The summed E-state index contributed by atoms with van der Waals surface area (Å²) >= 11 is 2.22. The molecule has 6 heteroatoms. The molecule has 0 aliphatic carbocycles. The van der Waals surface area contributed by atoms with Crippen LogP contribution in [0.1, 0.15) is 10.5 Å². The fraction of sp³-hybridized carbons (Fsp3) is 0. The minimum Gasteiger partial charge on any atom is -0.360 e. The van der Waals surface area contributed by atoms with Crippen LogP contribution in [0.25, 0.3) is 11.4 Å². The van der Waals surface area contributed by atoms with Crippen LogP contribution in [-0.2, 0) is 0 Å². The number of benzene rings is 1. The molecular weight excluding hydrogens is 367 g/mol. The molecule has 5 nitrogen and oxygen atoms in total. The number of rotatable bonds is 3. The quantitative estimate of drug-likeness (QED) is 0.612. The SMILES string of the molecule is O=C(Nc1ccc(I)cc1)c1cc(-c2ccc[nH]2)n[nH]1. The lowest BCUT2D eigenvalue weighted by atomic mass is 10.2. The number of nitrogens with one attached hydrogen (secondary N) is 3. The van der Waals surface area contributed by atoms with Crippen molar-refractivity contribution >= 4 is 34.2 Å². The fourth-order valence-electron chi connectivity index (χ4n) is 1.80. The van der Waals surface area contributed by atoms with Crippen LogP contribution < -0.4 is 5.32 Å². The van der Waals surface area contributed by atoms with Crippen LogP contribution in [0.2, 0.25) is 0 Å². The lowest BCUT2D eigenvalue weighted by molar-refractivity contribution is 0.102. The van der Waals surface area contributed by atoms with E-state index in [2.05, 4.69) is 43.1 Å². The third kappa shape index (κ3) is 2.74. The van der Waals surface area contributed by atoms with E-state index < -0.39 is 0 Å². The van der Waals surface area contributed by atoms with E-state index in [1.165, 1.54) is 0 Å². The number of H-pyrrole nitrogens is 2. The van der Waals surface area contributed by atoms with Crippen molar-refractivity contribution in [2.45, 2.75) is 0 Å². The Morgan fingerprint density at radius 2 is 2.00 bits per heavy atom. The van der Waals surface area contributed by atoms with Crippen molar-refractivity contribution in [3.8, 4) is 11.4 Å². The number of carbonyl (C=O) groups is 1. The zero-order valence-electron chi connectivity index (χ0n) is 10.4. The number of nitrogens with zero attached hydrogens (tertiary/aromatic N) is 1. The first-order chi connectivity index (χ1) is 9.72. The van der Waals surface area contributed by atoms with Crippen LogP contribution >= 0.6 is 22.6 Å². The fourth-order valence-corrected chi connectivity index (χ4v) is 2.16. The Kier molecular flexibility index (Phi) is 3.55. The van der Waals surface area contributed by atoms with E-state index in [4.69, 9.17) is 0 Å². The second-order valence-electron chi connectivity index (χ2n) is 4.21. The van der Waals surface area contributed by atoms with E-state index in [1.54, 1.807) is 6.07 Å². The van der Waals surface area contributed by atoms with Crippen molar-refractivity contribution in [2.24, 2.45) is 0 Å². The zero-order chi connectivity index (χ0) is 13.9. The van der Waals surface area contributed by atoms with E-state index in [-0.39, 0.29) is 5.91 Å². The van der Waals surface area contributed by atoms with Crippen LogP contribution in [-0.4, -0.2) is 21.1 Å². The standard InChI is InChI=1S/C14H11IN4O/c15-9-3-5-10(6-4-9)17-14(20)13-8-12(18-19-13)11-2-1-7-16-11/h1-8,16H,(H,17,20)(H,18,19). The molecule has 100 valence electrons. The Labute approximate surface area is 128 Å².